The van der Waals surface area contributed by atoms with Gasteiger partial charge in [-0.1, -0.05) is 19.1 Å². The largest absolute Gasteiger partial charge is 0.384 e. The third-order valence-electron chi connectivity index (χ3n) is 3.82. The number of amides is 2. The van der Waals surface area contributed by atoms with Crippen molar-refractivity contribution in [2.24, 2.45) is 0 Å². The molecule has 0 unspecified atom stereocenters. The van der Waals surface area contributed by atoms with E-state index in [1.54, 1.807) is 18.7 Å². The Labute approximate surface area is 125 Å². The van der Waals surface area contributed by atoms with Gasteiger partial charge in [0.05, 0.1) is 5.56 Å². The lowest BCUT2D eigenvalue weighted by atomic mass is 9.97. The van der Waals surface area contributed by atoms with E-state index in [1.807, 2.05) is 24.3 Å². The number of carbonyl (C=O) groups excluding carboxylic acids is 2. The zero-order chi connectivity index (χ0) is 15.5. The summed E-state index contributed by atoms with van der Waals surface area (Å²) >= 11 is 0. The highest BCUT2D eigenvalue weighted by atomic mass is 16.2. The molecule has 1 fully saturated rings. The molecule has 5 heteroatoms. The van der Waals surface area contributed by atoms with Crippen molar-refractivity contribution >= 4 is 17.5 Å². The number of hydrogen-bond donors (Lipinski definition) is 2. The Hall–Kier alpha value is -2.04. The highest BCUT2D eigenvalue weighted by molar-refractivity contribution is 6.03. The lowest BCUT2D eigenvalue weighted by molar-refractivity contribution is -0.133. The van der Waals surface area contributed by atoms with Crippen LogP contribution in [0.2, 0.25) is 0 Å². The third kappa shape index (κ3) is 3.01. The first kappa shape index (κ1) is 15.4. The van der Waals surface area contributed by atoms with Crippen LogP contribution in [0.5, 0.6) is 0 Å². The second-order valence-corrected chi connectivity index (χ2v) is 5.74. The molecule has 1 heterocycles. The Kier molecular flexibility index (Phi) is 4.50. The summed E-state index contributed by atoms with van der Waals surface area (Å²) in [7, 11) is 0. The lowest BCUT2D eigenvalue weighted by Crippen LogP contribution is -2.63. The molecule has 2 amide bonds. The van der Waals surface area contributed by atoms with Gasteiger partial charge >= 0.3 is 0 Å². The van der Waals surface area contributed by atoms with Gasteiger partial charge in [-0.25, -0.2) is 0 Å². The minimum atomic E-state index is -0.826. The lowest BCUT2D eigenvalue weighted by Gasteiger charge is -2.41. The minimum absolute atomic E-state index is 0.103. The molecule has 1 aliphatic heterocycles. The molecule has 5 nitrogen and oxygen atoms in total. The average molecular weight is 289 g/mol. The molecule has 0 bridgehead atoms. The fraction of sp³-hybridized carbons (Fsp3) is 0.500. The van der Waals surface area contributed by atoms with Crippen LogP contribution in [-0.4, -0.2) is 41.9 Å². The molecule has 1 aromatic carbocycles. The van der Waals surface area contributed by atoms with Crippen LogP contribution in [0.25, 0.3) is 0 Å². The number of benzene rings is 1. The molecular formula is C16H23N3O2. The van der Waals surface area contributed by atoms with Crippen molar-refractivity contribution in [1.29, 1.82) is 0 Å². The van der Waals surface area contributed by atoms with Gasteiger partial charge in [0.2, 0.25) is 5.91 Å². The summed E-state index contributed by atoms with van der Waals surface area (Å²) < 4.78 is 0. The smallest absolute Gasteiger partial charge is 0.256 e. The van der Waals surface area contributed by atoms with Crippen molar-refractivity contribution in [1.82, 2.24) is 10.2 Å². The molecule has 1 aromatic rings. The van der Waals surface area contributed by atoms with Crippen molar-refractivity contribution in [3.8, 4) is 0 Å². The van der Waals surface area contributed by atoms with Crippen LogP contribution in [0.3, 0.4) is 0 Å². The molecule has 0 spiro atoms. The summed E-state index contributed by atoms with van der Waals surface area (Å²) in [6.45, 7) is 7.48. The molecule has 114 valence electrons. The van der Waals surface area contributed by atoms with Gasteiger partial charge in [0.25, 0.3) is 5.91 Å². The van der Waals surface area contributed by atoms with Crippen LogP contribution < -0.4 is 10.6 Å². The van der Waals surface area contributed by atoms with Crippen LogP contribution in [0.15, 0.2) is 24.3 Å². The standard InChI is InChI=1S/C16H23N3O2/c1-4-9-17-13-8-6-5-7-12(13)14(20)19-11-10-18-15(21)16(19,2)3/h5-8,17H,4,9-11H2,1-3H3,(H,18,21). The molecule has 0 atom stereocenters. The Bertz CT molecular complexity index is 540. The Balaban J connectivity index is 2.29. The van der Waals surface area contributed by atoms with Gasteiger partial charge in [0.1, 0.15) is 5.54 Å². The average Bonchev–Trinajstić information content (AvgIpc) is 2.47. The van der Waals surface area contributed by atoms with Gasteiger partial charge < -0.3 is 15.5 Å². The Morgan fingerprint density at radius 1 is 1.38 bits per heavy atom. The minimum Gasteiger partial charge on any atom is -0.384 e. The molecule has 2 rings (SSSR count). The maximum atomic E-state index is 12.9. The van der Waals surface area contributed by atoms with E-state index in [1.165, 1.54) is 0 Å². The molecule has 0 aliphatic carbocycles. The monoisotopic (exact) mass is 289 g/mol. The molecule has 0 saturated carbocycles. The van der Waals surface area contributed by atoms with E-state index in [-0.39, 0.29) is 11.8 Å². The summed E-state index contributed by atoms with van der Waals surface area (Å²) in [5.74, 6) is -0.213. The van der Waals surface area contributed by atoms with Crippen LogP contribution in [0.4, 0.5) is 5.69 Å². The number of nitrogens with one attached hydrogen (secondary N) is 2. The van der Waals surface area contributed by atoms with Crippen LogP contribution in [-0.2, 0) is 4.79 Å². The number of para-hydroxylation sites is 1. The van der Waals surface area contributed by atoms with Crippen molar-refractivity contribution in [3.05, 3.63) is 29.8 Å². The number of carbonyl (C=O) groups is 2. The zero-order valence-corrected chi connectivity index (χ0v) is 12.9. The highest BCUT2D eigenvalue weighted by Crippen LogP contribution is 2.24. The van der Waals surface area contributed by atoms with Crippen LogP contribution in [0, 0.1) is 0 Å². The maximum Gasteiger partial charge on any atom is 0.256 e. The Morgan fingerprint density at radius 3 is 2.81 bits per heavy atom. The van der Waals surface area contributed by atoms with E-state index >= 15 is 0 Å². The van der Waals surface area contributed by atoms with Crippen molar-refractivity contribution in [2.75, 3.05) is 25.0 Å². The highest BCUT2D eigenvalue weighted by Gasteiger charge is 2.41. The van der Waals surface area contributed by atoms with E-state index in [0.717, 1.165) is 18.7 Å². The second-order valence-electron chi connectivity index (χ2n) is 5.74. The molecular weight excluding hydrogens is 266 g/mol. The number of piperazine rings is 1. The first-order valence-corrected chi connectivity index (χ1v) is 7.41. The van der Waals surface area contributed by atoms with Crippen LogP contribution >= 0.6 is 0 Å². The van der Waals surface area contributed by atoms with Gasteiger partial charge in [-0.15, -0.1) is 0 Å². The van der Waals surface area contributed by atoms with Crippen LogP contribution in [0.1, 0.15) is 37.6 Å². The van der Waals surface area contributed by atoms with Gasteiger partial charge in [0, 0.05) is 25.3 Å². The van der Waals surface area contributed by atoms with Crippen molar-refractivity contribution in [2.45, 2.75) is 32.7 Å². The van der Waals surface area contributed by atoms with Gasteiger partial charge in [-0.2, -0.15) is 0 Å². The van der Waals surface area contributed by atoms with E-state index in [4.69, 9.17) is 0 Å². The van der Waals surface area contributed by atoms with Gasteiger partial charge in [-0.05, 0) is 32.4 Å². The summed E-state index contributed by atoms with van der Waals surface area (Å²) in [4.78, 5) is 26.5. The first-order chi connectivity index (χ1) is 9.98. The quantitative estimate of drug-likeness (QED) is 0.889. The summed E-state index contributed by atoms with van der Waals surface area (Å²) in [5, 5.41) is 6.08. The first-order valence-electron chi connectivity index (χ1n) is 7.41. The fourth-order valence-corrected chi connectivity index (χ4v) is 2.48. The predicted octanol–water partition coefficient (Wildman–Crippen LogP) is 1.86. The Morgan fingerprint density at radius 2 is 2.10 bits per heavy atom. The number of anilines is 1. The number of hydrogen-bond acceptors (Lipinski definition) is 3. The molecule has 1 saturated heterocycles. The normalized spacial score (nSPS) is 17.3. The van der Waals surface area contributed by atoms with E-state index in [9.17, 15) is 9.59 Å². The third-order valence-corrected chi connectivity index (χ3v) is 3.82. The van der Waals surface area contributed by atoms with Crippen molar-refractivity contribution in [3.63, 3.8) is 0 Å². The van der Waals surface area contributed by atoms with E-state index < -0.39 is 5.54 Å². The fourth-order valence-electron chi connectivity index (χ4n) is 2.48. The van der Waals surface area contributed by atoms with Crippen molar-refractivity contribution < 1.29 is 9.59 Å². The number of rotatable bonds is 4. The summed E-state index contributed by atoms with van der Waals surface area (Å²) in [6.07, 6.45) is 0.986. The summed E-state index contributed by atoms with van der Waals surface area (Å²) in [5.41, 5.74) is 0.618. The molecule has 1 aliphatic rings. The topological polar surface area (TPSA) is 61.4 Å². The SMILES string of the molecule is CCCNc1ccccc1C(=O)N1CCNC(=O)C1(C)C. The van der Waals surface area contributed by atoms with Gasteiger partial charge in [0.15, 0.2) is 0 Å². The predicted molar refractivity (Wildman–Crippen MR) is 83.3 cm³/mol. The molecule has 2 N–H and O–H groups in total. The zero-order valence-electron chi connectivity index (χ0n) is 12.9. The number of nitrogens with zero attached hydrogens (tertiary/aromatic N) is 1. The summed E-state index contributed by atoms with van der Waals surface area (Å²) in [6, 6.07) is 7.47. The molecule has 0 radical (unpaired) electrons. The maximum absolute atomic E-state index is 12.9. The van der Waals surface area contributed by atoms with Gasteiger partial charge in [-0.3, -0.25) is 9.59 Å². The second kappa shape index (κ2) is 6.16. The molecule has 0 aromatic heterocycles. The van der Waals surface area contributed by atoms with E-state index in [0.29, 0.717) is 18.7 Å². The molecule has 21 heavy (non-hydrogen) atoms. The van der Waals surface area contributed by atoms with E-state index in [2.05, 4.69) is 17.6 Å².